The predicted molar refractivity (Wildman–Crippen MR) is 75.3 cm³/mol. The lowest BCUT2D eigenvalue weighted by atomic mass is 10.1. The first-order valence-corrected chi connectivity index (χ1v) is 7.08. The van der Waals surface area contributed by atoms with E-state index in [1.54, 1.807) is 0 Å². The molecular formula is C14H17BrN2. The summed E-state index contributed by atoms with van der Waals surface area (Å²) in [6, 6.07) is 7.33. The number of fused-ring (bicyclic) bond motifs is 1. The highest BCUT2D eigenvalue weighted by Crippen LogP contribution is 2.39. The van der Waals surface area contributed by atoms with Crippen LogP contribution < -0.4 is 5.73 Å². The van der Waals surface area contributed by atoms with Gasteiger partial charge in [-0.15, -0.1) is 0 Å². The standard InChI is InChI=1S/C14H17BrN2/c15-11-3-6-13-10(2-1-7-16)9-17(12-4-5-12)14(13)8-11/h3,6,8-9,12H,1-2,4-5,7,16H2. The highest BCUT2D eigenvalue weighted by atomic mass is 79.9. The van der Waals surface area contributed by atoms with Crippen LogP contribution in [0.3, 0.4) is 0 Å². The lowest BCUT2D eigenvalue weighted by Crippen LogP contribution is -1.99. The highest BCUT2D eigenvalue weighted by Gasteiger charge is 2.25. The van der Waals surface area contributed by atoms with E-state index in [2.05, 4.69) is 44.9 Å². The van der Waals surface area contributed by atoms with Crippen LogP contribution in [0.2, 0.25) is 0 Å². The van der Waals surface area contributed by atoms with Gasteiger partial charge < -0.3 is 10.3 Å². The first-order chi connectivity index (χ1) is 8.29. The second-order valence-electron chi connectivity index (χ2n) is 4.85. The Morgan fingerprint density at radius 1 is 1.35 bits per heavy atom. The molecule has 0 unspecified atom stereocenters. The number of hydrogen-bond acceptors (Lipinski definition) is 1. The van der Waals surface area contributed by atoms with Crippen molar-refractivity contribution in [1.29, 1.82) is 0 Å². The van der Waals surface area contributed by atoms with Crippen LogP contribution in [-0.4, -0.2) is 11.1 Å². The Morgan fingerprint density at radius 2 is 2.18 bits per heavy atom. The monoisotopic (exact) mass is 292 g/mol. The lowest BCUT2D eigenvalue weighted by Gasteiger charge is -2.01. The molecule has 0 saturated heterocycles. The number of benzene rings is 1. The van der Waals surface area contributed by atoms with Crippen LogP contribution in [0.25, 0.3) is 10.9 Å². The summed E-state index contributed by atoms with van der Waals surface area (Å²) in [5, 5.41) is 1.40. The molecule has 90 valence electrons. The molecule has 1 aliphatic rings. The zero-order valence-electron chi connectivity index (χ0n) is 9.82. The molecule has 3 rings (SSSR count). The van der Waals surface area contributed by atoms with E-state index in [4.69, 9.17) is 5.73 Å². The number of aryl methyl sites for hydroxylation is 1. The molecule has 2 N–H and O–H groups in total. The molecule has 1 aliphatic carbocycles. The minimum Gasteiger partial charge on any atom is -0.344 e. The van der Waals surface area contributed by atoms with Crippen LogP contribution in [0.4, 0.5) is 0 Å². The van der Waals surface area contributed by atoms with Crippen LogP contribution in [0.15, 0.2) is 28.9 Å². The van der Waals surface area contributed by atoms with Crippen molar-refractivity contribution in [2.45, 2.75) is 31.7 Å². The molecule has 0 amide bonds. The van der Waals surface area contributed by atoms with Gasteiger partial charge in [-0.1, -0.05) is 22.0 Å². The third-order valence-electron chi connectivity index (χ3n) is 3.47. The van der Waals surface area contributed by atoms with Crippen molar-refractivity contribution >= 4 is 26.8 Å². The van der Waals surface area contributed by atoms with Crippen molar-refractivity contribution < 1.29 is 0 Å². The van der Waals surface area contributed by atoms with E-state index in [9.17, 15) is 0 Å². The summed E-state index contributed by atoms with van der Waals surface area (Å²) in [4.78, 5) is 0. The van der Waals surface area contributed by atoms with Gasteiger partial charge in [0.15, 0.2) is 0 Å². The van der Waals surface area contributed by atoms with Crippen molar-refractivity contribution in [3.05, 3.63) is 34.4 Å². The molecule has 0 aliphatic heterocycles. The Kier molecular flexibility index (Phi) is 2.97. The number of rotatable bonds is 4. The van der Waals surface area contributed by atoms with Gasteiger partial charge in [0.2, 0.25) is 0 Å². The largest absolute Gasteiger partial charge is 0.344 e. The minimum absolute atomic E-state index is 0.735. The van der Waals surface area contributed by atoms with Crippen LogP contribution in [0, 0.1) is 0 Å². The van der Waals surface area contributed by atoms with Crippen molar-refractivity contribution in [3.63, 3.8) is 0 Å². The number of nitrogens with zero attached hydrogens (tertiary/aromatic N) is 1. The average molecular weight is 293 g/mol. The normalized spacial score (nSPS) is 15.6. The van der Waals surface area contributed by atoms with Gasteiger partial charge in [-0.3, -0.25) is 0 Å². The Morgan fingerprint density at radius 3 is 2.88 bits per heavy atom. The number of hydrogen-bond donors (Lipinski definition) is 1. The molecule has 0 spiro atoms. The fourth-order valence-corrected chi connectivity index (χ4v) is 2.79. The zero-order chi connectivity index (χ0) is 11.8. The third kappa shape index (κ3) is 2.14. The molecule has 1 aromatic carbocycles. The number of aromatic nitrogens is 1. The average Bonchev–Trinajstić information content (AvgIpc) is 3.10. The summed E-state index contributed by atoms with van der Waals surface area (Å²) in [6.07, 6.45) is 7.15. The van der Waals surface area contributed by atoms with Crippen LogP contribution in [-0.2, 0) is 6.42 Å². The lowest BCUT2D eigenvalue weighted by molar-refractivity contribution is 0.763. The fourth-order valence-electron chi connectivity index (χ4n) is 2.44. The summed E-state index contributed by atoms with van der Waals surface area (Å²) in [7, 11) is 0. The van der Waals surface area contributed by atoms with E-state index in [1.807, 2.05) is 0 Å². The Balaban J connectivity index is 2.09. The van der Waals surface area contributed by atoms with Gasteiger partial charge in [-0.25, -0.2) is 0 Å². The van der Waals surface area contributed by atoms with Crippen molar-refractivity contribution in [2.24, 2.45) is 5.73 Å². The molecule has 1 aromatic heterocycles. The van der Waals surface area contributed by atoms with E-state index in [0.717, 1.165) is 29.9 Å². The zero-order valence-corrected chi connectivity index (χ0v) is 11.4. The summed E-state index contributed by atoms with van der Waals surface area (Å²) >= 11 is 3.56. The Bertz CT molecular complexity index is 540. The number of nitrogens with two attached hydrogens (primary N) is 1. The molecule has 1 fully saturated rings. The smallest absolute Gasteiger partial charge is 0.0497 e. The maximum atomic E-state index is 5.61. The molecule has 0 radical (unpaired) electrons. The van der Waals surface area contributed by atoms with Gasteiger partial charge in [0.25, 0.3) is 0 Å². The van der Waals surface area contributed by atoms with Gasteiger partial charge in [-0.2, -0.15) is 0 Å². The maximum Gasteiger partial charge on any atom is 0.0497 e. The van der Waals surface area contributed by atoms with E-state index in [-0.39, 0.29) is 0 Å². The predicted octanol–water partition coefficient (Wildman–Crippen LogP) is 3.63. The van der Waals surface area contributed by atoms with E-state index >= 15 is 0 Å². The van der Waals surface area contributed by atoms with E-state index in [0.29, 0.717) is 0 Å². The van der Waals surface area contributed by atoms with Crippen molar-refractivity contribution in [1.82, 2.24) is 4.57 Å². The van der Waals surface area contributed by atoms with Crippen LogP contribution in [0.1, 0.15) is 30.9 Å². The third-order valence-corrected chi connectivity index (χ3v) is 3.96. The quantitative estimate of drug-likeness (QED) is 0.917. The van der Waals surface area contributed by atoms with Gasteiger partial charge >= 0.3 is 0 Å². The van der Waals surface area contributed by atoms with Gasteiger partial charge in [-0.05, 0) is 49.9 Å². The molecule has 2 nitrogen and oxygen atoms in total. The minimum atomic E-state index is 0.735. The summed E-state index contributed by atoms with van der Waals surface area (Å²) in [5.41, 5.74) is 8.43. The Labute approximate surface area is 110 Å². The molecule has 0 bridgehead atoms. The maximum absolute atomic E-state index is 5.61. The van der Waals surface area contributed by atoms with Crippen LogP contribution in [0.5, 0.6) is 0 Å². The van der Waals surface area contributed by atoms with Gasteiger partial charge in [0, 0.05) is 27.6 Å². The summed E-state index contributed by atoms with van der Waals surface area (Å²) in [5.74, 6) is 0. The summed E-state index contributed by atoms with van der Waals surface area (Å²) in [6.45, 7) is 0.770. The Hall–Kier alpha value is -0.800. The topological polar surface area (TPSA) is 30.9 Å². The molecule has 2 aromatic rings. The molecule has 1 heterocycles. The molecule has 1 saturated carbocycles. The van der Waals surface area contributed by atoms with E-state index < -0.39 is 0 Å². The SMILES string of the molecule is NCCCc1cn(C2CC2)c2cc(Br)ccc12. The first-order valence-electron chi connectivity index (χ1n) is 6.28. The van der Waals surface area contributed by atoms with Gasteiger partial charge in [0.1, 0.15) is 0 Å². The second-order valence-corrected chi connectivity index (χ2v) is 5.76. The molecule has 0 atom stereocenters. The van der Waals surface area contributed by atoms with Crippen LogP contribution >= 0.6 is 15.9 Å². The summed E-state index contributed by atoms with van der Waals surface area (Å²) < 4.78 is 3.61. The molecular weight excluding hydrogens is 276 g/mol. The highest BCUT2D eigenvalue weighted by molar-refractivity contribution is 9.10. The fraction of sp³-hybridized carbons (Fsp3) is 0.429. The molecule has 17 heavy (non-hydrogen) atoms. The first kappa shape index (κ1) is 11.3. The number of halogens is 1. The second kappa shape index (κ2) is 4.46. The van der Waals surface area contributed by atoms with Crippen molar-refractivity contribution in [2.75, 3.05) is 6.54 Å². The van der Waals surface area contributed by atoms with Crippen molar-refractivity contribution in [3.8, 4) is 0 Å². The van der Waals surface area contributed by atoms with Gasteiger partial charge in [0.05, 0.1) is 0 Å². The van der Waals surface area contributed by atoms with E-state index in [1.165, 1.54) is 29.3 Å². The molecule has 3 heteroatoms.